The van der Waals surface area contributed by atoms with Crippen molar-refractivity contribution in [3.63, 3.8) is 0 Å². The second kappa shape index (κ2) is 7.08. The van der Waals surface area contributed by atoms with Crippen molar-refractivity contribution >= 4 is 18.0 Å². The summed E-state index contributed by atoms with van der Waals surface area (Å²) in [6.45, 7) is 0. The van der Waals surface area contributed by atoms with Crippen molar-refractivity contribution in [3.05, 3.63) is 65.7 Å². The number of amides is 1. The van der Waals surface area contributed by atoms with Gasteiger partial charge in [-0.1, -0.05) is 12.1 Å². The number of esters is 1. The first-order chi connectivity index (χ1) is 10.6. The molecule has 0 fully saturated rings. The van der Waals surface area contributed by atoms with E-state index in [0.29, 0.717) is 17.1 Å². The van der Waals surface area contributed by atoms with Crippen LogP contribution in [0.2, 0.25) is 0 Å². The van der Waals surface area contributed by atoms with Crippen LogP contribution in [0, 0.1) is 0 Å². The van der Waals surface area contributed by atoms with Crippen molar-refractivity contribution in [3.8, 4) is 11.5 Å². The van der Waals surface area contributed by atoms with E-state index >= 15 is 0 Å². The molecule has 0 saturated carbocycles. The molecule has 2 rings (SSSR count). The van der Waals surface area contributed by atoms with E-state index in [1.807, 2.05) is 18.2 Å². The molecule has 0 radical (unpaired) electrons. The summed E-state index contributed by atoms with van der Waals surface area (Å²) in [4.78, 5) is 22.7. The van der Waals surface area contributed by atoms with Gasteiger partial charge in [0.1, 0.15) is 11.5 Å². The van der Waals surface area contributed by atoms with Crippen LogP contribution in [-0.2, 0) is 4.79 Å². The number of carbonyl (C=O) groups is 2. The molecule has 0 spiro atoms. The van der Waals surface area contributed by atoms with Crippen LogP contribution in [0.5, 0.6) is 11.5 Å². The molecule has 0 saturated heterocycles. The Labute approximate surface area is 128 Å². The zero-order valence-electron chi connectivity index (χ0n) is 12.0. The van der Waals surface area contributed by atoms with E-state index in [1.54, 1.807) is 19.3 Å². The van der Waals surface area contributed by atoms with Crippen molar-refractivity contribution in [2.45, 2.75) is 0 Å². The van der Waals surface area contributed by atoms with Gasteiger partial charge < -0.3 is 15.2 Å². The molecule has 0 bridgehead atoms. The van der Waals surface area contributed by atoms with Gasteiger partial charge in [0.05, 0.1) is 7.11 Å². The summed E-state index contributed by atoms with van der Waals surface area (Å²) in [6, 6.07) is 13.3. The van der Waals surface area contributed by atoms with Crippen LogP contribution in [0.4, 0.5) is 0 Å². The van der Waals surface area contributed by atoms with E-state index in [2.05, 4.69) is 0 Å². The lowest BCUT2D eigenvalue weighted by Crippen LogP contribution is -2.10. The average molecular weight is 297 g/mol. The van der Waals surface area contributed by atoms with Crippen molar-refractivity contribution in [2.24, 2.45) is 5.73 Å². The molecule has 5 nitrogen and oxygen atoms in total. The molecular weight excluding hydrogens is 282 g/mol. The molecule has 2 aromatic carbocycles. The van der Waals surface area contributed by atoms with Gasteiger partial charge in [-0.05, 0) is 48.0 Å². The second-order valence-corrected chi connectivity index (χ2v) is 4.42. The van der Waals surface area contributed by atoms with Gasteiger partial charge >= 0.3 is 5.97 Å². The van der Waals surface area contributed by atoms with Gasteiger partial charge in [-0.2, -0.15) is 0 Å². The van der Waals surface area contributed by atoms with Crippen molar-refractivity contribution in [2.75, 3.05) is 7.11 Å². The van der Waals surface area contributed by atoms with Crippen LogP contribution < -0.4 is 15.2 Å². The van der Waals surface area contributed by atoms with Crippen LogP contribution in [0.25, 0.3) is 6.08 Å². The zero-order chi connectivity index (χ0) is 15.9. The predicted molar refractivity (Wildman–Crippen MR) is 82.6 cm³/mol. The van der Waals surface area contributed by atoms with Crippen molar-refractivity contribution in [1.29, 1.82) is 0 Å². The number of methoxy groups -OCH3 is 1. The van der Waals surface area contributed by atoms with Crippen LogP contribution in [0.15, 0.2) is 54.6 Å². The maximum absolute atomic E-state index is 11.7. The number of rotatable bonds is 5. The molecule has 0 atom stereocenters. The third kappa shape index (κ3) is 4.21. The molecule has 0 aromatic heterocycles. The fourth-order valence-corrected chi connectivity index (χ4v) is 1.75. The molecule has 22 heavy (non-hydrogen) atoms. The quantitative estimate of drug-likeness (QED) is 0.522. The first kappa shape index (κ1) is 15.3. The highest BCUT2D eigenvalue weighted by Gasteiger charge is 2.03. The topological polar surface area (TPSA) is 78.6 Å². The fourth-order valence-electron chi connectivity index (χ4n) is 1.75. The number of benzene rings is 2. The van der Waals surface area contributed by atoms with Gasteiger partial charge in [-0.3, -0.25) is 4.79 Å². The minimum absolute atomic E-state index is 0.338. The minimum Gasteiger partial charge on any atom is -0.497 e. The maximum Gasteiger partial charge on any atom is 0.336 e. The number of hydrogen-bond acceptors (Lipinski definition) is 4. The van der Waals surface area contributed by atoms with E-state index in [1.165, 1.54) is 30.3 Å². The SMILES string of the molecule is COc1cccc(/C=C/C(=O)Oc2ccc(C(N)=O)cc2)c1. The fraction of sp³-hybridized carbons (Fsp3) is 0.0588. The lowest BCUT2D eigenvalue weighted by Gasteiger charge is -2.02. The Balaban J connectivity index is 1.99. The number of ether oxygens (including phenoxy) is 2. The van der Waals surface area contributed by atoms with Gasteiger partial charge in [0.25, 0.3) is 0 Å². The Morgan fingerprint density at radius 3 is 2.41 bits per heavy atom. The highest BCUT2D eigenvalue weighted by atomic mass is 16.5. The molecule has 112 valence electrons. The Morgan fingerprint density at radius 1 is 1.05 bits per heavy atom. The lowest BCUT2D eigenvalue weighted by molar-refractivity contribution is -0.128. The third-order valence-corrected chi connectivity index (χ3v) is 2.86. The van der Waals surface area contributed by atoms with Crippen LogP contribution in [0.3, 0.4) is 0 Å². The van der Waals surface area contributed by atoms with Crippen molar-refractivity contribution < 1.29 is 19.1 Å². The molecule has 5 heteroatoms. The summed E-state index contributed by atoms with van der Waals surface area (Å²) in [7, 11) is 1.58. The van der Waals surface area contributed by atoms with Crippen LogP contribution >= 0.6 is 0 Å². The summed E-state index contributed by atoms with van der Waals surface area (Å²) >= 11 is 0. The maximum atomic E-state index is 11.7. The molecule has 2 aromatic rings. The molecule has 0 aliphatic heterocycles. The molecular formula is C17H15NO4. The largest absolute Gasteiger partial charge is 0.497 e. The first-order valence-corrected chi connectivity index (χ1v) is 6.52. The van der Waals surface area contributed by atoms with Gasteiger partial charge in [-0.25, -0.2) is 4.79 Å². The second-order valence-electron chi connectivity index (χ2n) is 4.42. The number of nitrogens with two attached hydrogens (primary N) is 1. The average Bonchev–Trinajstić information content (AvgIpc) is 2.53. The summed E-state index contributed by atoms with van der Waals surface area (Å²) in [5.41, 5.74) is 6.31. The highest BCUT2D eigenvalue weighted by molar-refractivity contribution is 5.93. The smallest absolute Gasteiger partial charge is 0.336 e. The summed E-state index contributed by atoms with van der Waals surface area (Å²) in [6.07, 6.45) is 2.94. The van der Waals surface area contributed by atoms with E-state index < -0.39 is 11.9 Å². The highest BCUT2D eigenvalue weighted by Crippen LogP contribution is 2.15. The van der Waals surface area contributed by atoms with Crippen LogP contribution in [-0.4, -0.2) is 19.0 Å². The number of hydrogen-bond donors (Lipinski definition) is 1. The molecule has 0 aliphatic rings. The van der Waals surface area contributed by atoms with E-state index in [9.17, 15) is 9.59 Å². The monoisotopic (exact) mass is 297 g/mol. The van der Waals surface area contributed by atoms with Gasteiger partial charge in [0.15, 0.2) is 0 Å². The van der Waals surface area contributed by atoms with Crippen LogP contribution in [0.1, 0.15) is 15.9 Å². The Kier molecular flexibility index (Phi) is 4.93. The zero-order valence-corrected chi connectivity index (χ0v) is 12.0. The third-order valence-electron chi connectivity index (χ3n) is 2.86. The predicted octanol–water partition coefficient (Wildman–Crippen LogP) is 2.41. The first-order valence-electron chi connectivity index (χ1n) is 6.52. The minimum atomic E-state index is -0.532. The van der Waals surface area contributed by atoms with Crippen molar-refractivity contribution in [1.82, 2.24) is 0 Å². The van der Waals surface area contributed by atoms with E-state index in [-0.39, 0.29) is 0 Å². The van der Waals surface area contributed by atoms with E-state index in [0.717, 1.165) is 5.56 Å². The van der Waals surface area contributed by atoms with Gasteiger partial charge in [0.2, 0.25) is 5.91 Å². The summed E-state index contributed by atoms with van der Waals surface area (Å²) < 4.78 is 10.2. The molecule has 0 unspecified atom stereocenters. The standard InChI is InChI=1S/C17H15NO4/c1-21-15-4-2-3-12(11-15)5-10-16(19)22-14-8-6-13(7-9-14)17(18)20/h2-11H,1H3,(H2,18,20)/b10-5+. The summed E-state index contributed by atoms with van der Waals surface area (Å²) in [5, 5.41) is 0. The van der Waals surface area contributed by atoms with E-state index in [4.69, 9.17) is 15.2 Å². The summed E-state index contributed by atoms with van der Waals surface area (Å²) in [5.74, 6) is -0.00621. The molecule has 2 N–H and O–H groups in total. The molecule has 0 heterocycles. The Hall–Kier alpha value is -3.08. The Morgan fingerprint density at radius 2 is 1.77 bits per heavy atom. The van der Waals surface area contributed by atoms with Gasteiger partial charge in [-0.15, -0.1) is 0 Å². The normalized spacial score (nSPS) is 10.4. The van der Waals surface area contributed by atoms with Gasteiger partial charge in [0, 0.05) is 11.6 Å². The number of primary amides is 1. The molecule has 0 aliphatic carbocycles. The Bertz CT molecular complexity index is 705. The molecule has 1 amide bonds. The number of carbonyl (C=O) groups excluding carboxylic acids is 2. The lowest BCUT2D eigenvalue weighted by atomic mass is 10.2.